The predicted octanol–water partition coefficient (Wildman–Crippen LogP) is 1.69. The Kier molecular flexibility index (Phi) is 3.82. The zero-order chi connectivity index (χ0) is 17.5. The molecule has 0 saturated heterocycles. The maximum Gasteiger partial charge on any atom is 0.289 e. The highest BCUT2D eigenvalue weighted by molar-refractivity contribution is 5.91. The molecule has 0 aromatic carbocycles. The number of H-pyrrole nitrogens is 1. The summed E-state index contributed by atoms with van der Waals surface area (Å²) in [6, 6.07) is 3.84. The van der Waals surface area contributed by atoms with Gasteiger partial charge in [-0.2, -0.15) is 5.10 Å². The number of carbonyl (C=O) groups excluding carboxylic acids is 1. The van der Waals surface area contributed by atoms with E-state index in [9.17, 15) is 4.79 Å². The van der Waals surface area contributed by atoms with Crippen LogP contribution in [0.3, 0.4) is 0 Å². The molecule has 0 radical (unpaired) electrons. The summed E-state index contributed by atoms with van der Waals surface area (Å²) in [7, 11) is 0. The third-order valence-electron chi connectivity index (χ3n) is 3.73. The van der Waals surface area contributed by atoms with Crippen molar-refractivity contribution in [2.45, 2.75) is 46.6 Å². The van der Waals surface area contributed by atoms with Crippen LogP contribution in [0.4, 0.5) is 0 Å². The molecule has 2 N–H and O–H groups in total. The Labute approximate surface area is 139 Å². The largest absolute Gasteiger partial charge is 0.344 e. The summed E-state index contributed by atoms with van der Waals surface area (Å²) in [4.78, 5) is 16.7. The highest BCUT2D eigenvalue weighted by atomic mass is 16.2. The number of rotatable bonds is 3. The van der Waals surface area contributed by atoms with E-state index in [1.54, 1.807) is 4.40 Å². The van der Waals surface area contributed by atoms with Crippen molar-refractivity contribution in [3.63, 3.8) is 0 Å². The normalized spacial score (nSPS) is 11.9. The lowest BCUT2D eigenvalue weighted by atomic mass is 9.92. The van der Waals surface area contributed by atoms with Crippen LogP contribution in [0.15, 0.2) is 12.1 Å². The molecule has 24 heavy (non-hydrogen) atoms. The number of aromatic nitrogens is 6. The van der Waals surface area contributed by atoms with E-state index in [1.807, 2.05) is 26.0 Å². The van der Waals surface area contributed by atoms with Crippen LogP contribution in [-0.2, 0) is 12.0 Å². The summed E-state index contributed by atoms with van der Waals surface area (Å²) in [6.45, 7) is 10.4. The number of hydrogen-bond acceptors (Lipinski definition) is 5. The summed E-state index contributed by atoms with van der Waals surface area (Å²) in [5.41, 5.74) is 3.46. The van der Waals surface area contributed by atoms with Crippen LogP contribution in [0.25, 0.3) is 5.78 Å². The Morgan fingerprint density at radius 1 is 1.25 bits per heavy atom. The highest BCUT2D eigenvalue weighted by Gasteiger charge is 2.19. The maximum atomic E-state index is 12.4. The second-order valence-corrected chi connectivity index (χ2v) is 6.91. The van der Waals surface area contributed by atoms with Gasteiger partial charge in [0.05, 0.1) is 17.9 Å². The van der Waals surface area contributed by atoms with Gasteiger partial charge in [0.25, 0.3) is 11.7 Å². The molecular weight excluding hydrogens is 306 g/mol. The monoisotopic (exact) mass is 327 g/mol. The van der Waals surface area contributed by atoms with E-state index < -0.39 is 0 Å². The number of aromatic amines is 1. The Balaban J connectivity index is 1.77. The number of carbonyl (C=O) groups is 1. The molecule has 3 aromatic rings. The van der Waals surface area contributed by atoms with Crippen molar-refractivity contribution in [1.29, 1.82) is 0 Å². The Morgan fingerprint density at radius 2 is 2.00 bits per heavy atom. The van der Waals surface area contributed by atoms with Crippen molar-refractivity contribution >= 4 is 11.7 Å². The van der Waals surface area contributed by atoms with E-state index in [2.05, 4.69) is 51.5 Å². The van der Waals surface area contributed by atoms with Crippen LogP contribution in [0.1, 0.15) is 54.2 Å². The van der Waals surface area contributed by atoms with Crippen molar-refractivity contribution < 1.29 is 4.79 Å². The van der Waals surface area contributed by atoms with Gasteiger partial charge >= 0.3 is 0 Å². The van der Waals surface area contributed by atoms with E-state index in [1.165, 1.54) is 0 Å². The lowest BCUT2D eigenvalue weighted by molar-refractivity contribution is 0.0938. The first-order chi connectivity index (χ1) is 11.3. The summed E-state index contributed by atoms with van der Waals surface area (Å²) < 4.78 is 1.65. The Bertz CT molecular complexity index is 901. The molecule has 0 atom stereocenters. The SMILES string of the molecule is Cc1cc(C)n2c(C(=O)NCc3cc(C(C)(C)C)n[nH]3)nnc2n1. The number of hydrogen-bond donors (Lipinski definition) is 2. The third kappa shape index (κ3) is 2.99. The summed E-state index contributed by atoms with van der Waals surface area (Å²) in [5.74, 6) is 0.350. The zero-order valence-corrected chi connectivity index (χ0v) is 14.5. The quantitative estimate of drug-likeness (QED) is 0.762. The maximum absolute atomic E-state index is 12.4. The minimum Gasteiger partial charge on any atom is -0.344 e. The molecular formula is C16H21N7O. The molecule has 1 amide bonds. The standard InChI is InChI=1S/C16H21N7O/c1-9-6-10(2)23-13(21-22-15(23)18-9)14(24)17-8-11-7-12(20-19-11)16(3,4)5/h6-7H,8H2,1-5H3,(H,17,24)(H,19,20). The van der Waals surface area contributed by atoms with E-state index in [0.717, 1.165) is 22.8 Å². The van der Waals surface area contributed by atoms with Gasteiger partial charge in [0.1, 0.15) is 0 Å². The van der Waals surface area contributed by atoms with Gasteiger partial charge in [-0.3, -0.25) is 14.3 Å². The molecule has 126 valence electrons. The molecule has 0 unspecified atom stereocenters. The lowest BCUT2D eigenvalue weighted by Crippen LogP contribution is -2.25. The molecule has 0 fully saturated rings. The molecule has 0 aliphatic heterocycles. The number of nitrogens with zero attached hydrogens (tertiary/aromatic N) is 5. The first kappa shape index (κ1) is 16.1. The molecule has 8 heteroatoms. The second kappa shape index (κ2) is 5.70. The van der Waals surface area contributed by atoms with Gasteiger partial charge in [-0.05, 0) is 26.0 Å². The van der Waals surface area contributed by atoms with Gasteiger partial charge < -0.3 is 5.32 Å². The van der Waals surface area contributed by atoms with E-state index in [4.69, 9.17) is 0 Å². The minimum absolute atomic E-state index is 0.0391. The average Bonchev–Trinajstić information content (AvgIpc) is 3.10. The van der Waals surface area contributed by atoms with E-state index >= 15 is 0 Å². The van der Waals surface area contributed by atoms with Crippen LogP contribution in [0.5, 0.6) is 0 Å². The first-order valence-electron chi connectivity index (χ1n) is 7.78. The minimum atomic E-state index is -0.303. The molecule has 0 aliphatic rings. The van der Waals surface area contributed by atoms with E-state index in [-0.39, 0.29) is 17.1 Å². The number of fused-ring (bicyclic) bond motifs is 1. The highest BCUT2D eigenvalue weighted by Crippen LogP contribution is 2.20. The molecule has 3 heterocycles. The van der Waals surface area contributed by atoms with Gasteiger partial charge in [0, 0.05) is 16.8 Å². The Morgan fingerprint density at radius 3 is 2.67 bits per heavy atom. The summed E-state index contributed by atoms with van der Waals surface area (Å²) in [6.07, 6.45) is 0. The number of nitrogens with one attached hydrogen (secondary N) is 2. The van der Waals surface area contributed by atoms with Gasteiger partial charge in [0.15, 0.2) is 0 Å². The van der Waals surface area contributed by atoms with Crippen molar-refractivity contribution in [3.8, 4) is 0 Å². The van der Waals surface area contributed by atoms with Crippen molar-refractivity contribution in [2.24, 2.45) is 0 Å². The molecule has 3 aromatic heterocycles. The van der Waals surface area contributed by atoms with Gasteiger partial charge in [-0.15, -0.1) is 10.2 Å². The van der Waals surface area contributed by atoms with Crippen LogP contribution < -0.4 is 5.32 Å². The molecule has 0 bridgehead atoms. The first-order valence-corrected chi connectivity index (χ1v) is 7.78. The fourth-order valence-corrected chi connectivity index (χ4v) is 2.47. The van der Waals surface area contributed by atoms with Crippen LogP contribution in [0, 0.1) is 13.8 Å². The average molecular weight is 327 g/mol. The van der Waals surface area contributed by atoms with Crippen molar-refractivity contribution in [1.82, 2.24) is 35.1 Å². The predicted molar refractivity (Wildman–Crippen MR) is 88.7 cm³/mol. The van der Waals surface area contributed by atoms with Crippen LogP contribution >= 0.6 is 0 Å². The van der Waals surface area contributed by atoms with Gasteiger partial charge in [-0.25, -0.2) is 4.98 Å². The second-order valence-electron chi connectivity index (χ2n) is 6.91. The molecule has 8 nitrogen and oxygen atoms in total. The molecule has 0 spiro atoms. The topological polar surface area (TPSA) is 101 Å². The number of aryl methyl sites for hydroxylation is 2. The van der Waals surface area contributed by atoms with Gasteiger partial charge in [-0.1, -0.05) is 20.8 Å². The summed E-state index contributed by atoms with van der Waals surface area (Å²) in [5, 5.41) is 18.0. The van der Waals surface area contributed by atoms with Crippen molar-refractivity contribution in [3.05, 3.63) is 40.7 Å². The lowest BCUT2D eigenvalue weighted by Gasteiger charge is -2.13. The summed E-state index contributed by atoms with van der Waals surface area (Å²) >= 11 is 0. The number of amides is 1. The fraction of sp³-hybridized carbons (Fsp3) is 0.438. The molecule has 0 aliphatic carbocycles. The molecule has 0 saturated carbocycles. The smallest absolute Gasteiger partial charge is 0.289 e. The van der Waals surface area contributed by atoms with E-state index in [0.29, 0.717) is 12.3 Å². The van der Waals surface area contributed by atoms with Crippen LogP contribution in [0.2, 0.25) is 0 Å². The van der Waals surface area contributed by atoms with Crippen LogP contribution in [-0.4, -0.2) is 35.7 Å². The van der Waals surface area contributed by atoms with Gasteiger partial charge in [0.2, 0.25) is 5.82 Å². The Hall–Kier alpha value is -2.77. The van der Waals surface area contributed by atoms with Crippen molar-refractivity contribution in [2.75, 3.05) is 0 Å². The zero-order valence-electron chi connectivity index (χ0n) is 14.5. The third-order valence-corrected chi connectivity index (χ3v) is 3.73. The molecule has 3 rings (SSSR count). The fourth-order valence-electron chi connectivity index (χ4n) is 2.47.